The molecule has 0 radical (unpaired) electrons. The summed E-state index contributed by atoms with van der Waals surface area (Å²) in [7, 11) is 0. The smallest absolute Gasteiger partial charge is 0.419 e. The average molecular weight is 487 g/mol. The molecule has 11 heteroatoms. The topological polar surface area (TPSA) is 130 Å². The average Bonchev–Trinajstić information content (AvgIpc) is 2.77. The number of aryl methyl sites for hydroxylation is 2. The minimum atomic E-state index is -4.63. The van der Waals surface area contributed by atoms with E-state index in [4.69, 9.17) is 10.8 Å². The second kappa shape index (κ2) is 10.9. The third-order valence-corrected chi connectivity index (χ3v) is 5.29. The van der Waals surface area contributed by atoms with E-state index in [0.29, 0.717) is 22.4 Å². The Bertz CT molecular complexity index is 1200. The molecular formula is C24H24F3N5O3. The SMILES string of the molecule is CC(NC(=O)O)c1ccc(Nc2ncc(C(F)(F)F)c(CCc3ccccc3CC(N)=O)n2)cc1. The number of anilines is 2. The summed E-state index contributed by atoms with van der Waals surface area (Å²) in [5.41, 5.74) is 6.77. The summed E-state index contributed by atoms with van der Waals surface area (Å²) in [6.07, 6.45) is -4.84. The lowest BCUT2D eigenvalue weighted by atomic mass is 9.98. The number of hydrogen-bond donors (Lipinski definition) is 4. The molecule has 35 heavy (non-hydrogen) atoms. The predicted octanol–water partition coefficient (Wildman–Crippen LogP) is 4.38. The number of carbonyl (C=O) groups excluding carboxylic acids is 1. The van der Waals surface area contributed by atoms with Gasteiger partial charge in [-0.05, 0) is 48.6 Å². The number of nitrogens with one attached hydrogen (secondary N) is 2. The van der Waals surface area contributed by atoms with Gasteiger partial charge in [-0.15, -0.1) is 0 Å². The molecule has 0 spiro atoms. The maximum atomic E-state index is 13.6. The van der Waals surface area contributed by atoms with Crippen LogP contribution in [-0.4, -0.2) is 27.1 Å². The highest BCUT2D eigenvalue weighted by Crippen LogP contribution is 2.32. The Hall–Kier alpha value is -4.15. The molecule has 0 fully saturated rings. The van der Waals surface area contributed by atoms with Gasteiger partial charge in [-0.2, -0.15) is 13.2 Å². The summed E-state index contributed by atoms with van der Waals surface area (Å²) in [5, 5.41) is 14.0. The number of aromatic nitrogens is 2. The Morgan fingerprint density at radius 2 is 1.71 bits per heavy atom. The summed E-state index contributed by atoms with van der Waals surface area (Å²) in [5.74, 6) is -0.538. The molecule has 3 aromatic rings. The molecule has 8 nitrogen and oxygen atoms in total. The van der Waals surface area contributed by atoms with Gasteiger partial charge in [0.15, 0.2) is 0 Å². The number of halogens is 3. The van der Waals surface area contributed by atoms with Gasteiger partial charge in [-0.1, -0.05) is 36.4 Å². The third-order valence-electron chi connectivity index (χ3n) is 5.29. The number of alkyl halides is 3. The van der Waals surface area contributed by atoms with Gasteiger partial charge < -0.3 is 21.5 Å². The third kappa shape index (κ3) is 7.16. The number of nitrogens with zero attached hydrogens (tertiary/aromatic N) is 2. The van der Waals surface area contributed by atoms with Crippen molar-refractivity contribution in [2.45, 2.75) is 38.4 Å². The molecular weight excluding hydrogens is 463 g/mol. The second-order valence-electron chi connectivity index (χ2n) is 7.88. The predicted molar refractivity (Wildman–Crippen MR) is 123 cm³/mol. The Morgan fingerprint density at radius 3 is 2.31 bits per heavy atom. The van der Waals surface area contributed by atoms with E-state index < -0.39 is 29.8 Å². The number of amides is 2. The fraction of sp³-hybridized carbons (Fsp3) is 0.250. The lowest BCUT2D eigenvalue weighted by Crippen LogP contribution is -2.24. The zero-order valence-electron chi connectivity index (χ0n) is 18.8. The maximum absolute atomic E-state index is 13.6. The monoisotopic (exact) mass is 487 g/mol. The van der Waals surface area contributed by atoms with Crippen molar-refractivity contribution in [3.8, 4) is 0 Å². The van der Waals surface area contributed by atoms with Gasteiger partial charge in [0.25, 0.3) is 0 Å². The first-order chi connectivity index (χ1) is 16.5. The summed E-state index contributed by atoms with van der Waals surface area (Å²) < 4.78 is 40.8. The Kier molecular flexibility index (Phi) is 7.90. The molecule has 184 valence electrons. The van der Waals surface area contributed by atoms with Crippen molar-refractivity contribution in [2.24, 2.45) is 5.73 Å². The number of nitrogens with two attached hydrogens (primary N) is 1. The summed E-state index contributed by atoms with van der Waals surface area (Å²) >= 11 is 0. The molecule has 1 atom stereocenters. The summed E-state index contributed by atoms with van der Waals surface area (Å²) in [4.78, 5) is 30.0. The molecule has 2 amide bonds. The van der Waals surface area contributed by atoms with Crippen molar-refractivity contribution in [1.82, 2.24) is 15.3 Å². The molecule has 0 aliphatic carbocycles. The van der Waals surface area contributed by atoms with Crippen LogP contribution in [0.15, 0.2) is 54.7 Å². The number of carbonyl (C=O) groups is 2. The van der Waals surface area contributed by atoms with Gasteiger partial charge in [0.05, 0.1) is 23.7 Å². The highest BCUT2D eigenvalue weighted by molar-refractivity contribution is 5.77. The van der Waals surface area contributed by atoms with Crippen LogP contribution in [-0.2, 0) is 30.2 Å². The summed E-state index contributed by atoms with van der Waals surface area (Å²) in [6.45, 7) is 1.68. The minimum absolute atomic E-state index is 0.00449. The van der Waals surface area contributed by atoms with Gasteiger partial charge >= 0.3 is 12.3 Å². The Morgan fingerprint density at radius 1 is 1.06 bits per heavy atom. The second-order valence-corrected chi connectivity index (χ2v) is 7.88. The number of carboxylic acid groups (broad SMARTS) is 1. The molecule has 1 heterocycles. The molecule has 1 aromatic heterocycles. The largest absolute Gasteiger partial charge is 0.465 e. The van der Waals surface area contributed by atoms with Crippen LogP contribution in [0.25, 0.3) is 0 Å². The fourth-order valence-electron chi connectivity index (χ4n) is 3.57. The van der Waals surface area contributed by atoms with Gasteiger partial charge in [-0.3, -0.25) is 4.79 Å². The van der Waals surface area contributed by atoms with Gasteiger partial charge in [0.1, 0.15) is 0 Å². The van der Waals surface area contributed by atoms with E-state index in [1.54, 1.807) is 55.5 Å². The number of benzene rings is 2. The van der Waals surface area contributed by atoms with E-state index >= 15 is 0 Å². The number of rotatable bonds is 9. The first-order valence-corrected chi connectivity index (χ1v) is 10.7. The highest BCUT2D eigenvalue weighted by Gasteiger charge is 2.34. The molecule has 0 aliphatic heterocycles. The Balaban J connectivity index is 1.81. The van der Waals surface area contributed by atoms with E-state index in [2.05, 4.69) is 20.6 Å². The normalized spacial score (nSPS) is 12.1. The van der Waals surface area contributed by atoms with E-state index in [1.165, 1.54) is 0 Å². The molecule has 3 rings (SSSR count). The van der Waals surface area contributed by atoms with Crippen LogP contribution in [0.3, 0.4) is 0 Å². The zero-order chi connectivity index (χ0) is 25.6. The van der Waals surface area contributed by atoms with Crippen molar-refractivity contribution >= 4 is 23.6 Å². The molecule has 0 saturated heterocycles. The number of hydrogen-bond acceptors (Lipinski definition) is 5. The maximum Gasteiger partial charge on any atom is 0.419 e. The van der Waals surface area contributed by atoms with Crippen molar-refractivity contribution < 1.29 is 27.9 Å². The van der Waals surface area contributed by atoms with Gasteiger partial charge in [0.2, 0.25) is 11.9 Å². The summed E-state index contributed by atoms with van der Waals surface area (Å²) in [6, 6.07) is 13.2. The lowest BCUT2D eigenvalue weighted by molar-refractivity contribution is -0.138. The first-order valence-electron chi connectivity index (χ1n) is 10.7. The van der Waals surface area contributed by atoms with Gasteiger partial charge in [0, 0.05) is 11.9 Å². The zero-order valence-corrected chi connectivity index (χ0v) is 18.8. The molecule has 5 N–H and O–H groups in total. The molecule has 0 saturated carbocycles. The highest BCUT2D eigenvalue weighted by atomic mass is 19.4. The lowest BCUT2D eigenvalue weighted by Gasteiger charge is -2.15. The van der Waals surface area contributed by atoms with Gasteiger partial charge in [-0.25, -0.2) is 14.8 Å². The van der Waals surface area contributed by atoms with Crippen LogP contribution in [0.5, 0.6) is 0 Å². The van der Waals surface area contributed by atoms with Crippen molar-refractivity contribution in [1.29, 1.82) is 0 Å². The van der Waals surface area contributed by atoms with E-state index in [0.717, 1.165) is 6.20 Å². The van der Waals surface area contributed by atoms with E-state index in [9.17, 15) is 22.8 Å². The van der Waals surface area contributed by atoms with Crippen LogP contribution < -0.4 is 16.4 Å². The van der Waals surface area contributed by atoms with Crippen LogP contribution in [0.4, 0.5) is 29.6 Å². The standard InChI is InChI=1S/C24H24F3N5O3/c1-14(30-23(34)35)15-6-9-18(10-7-15)31-22-29-13-19(24(25,26)27)20(32-22)11-8-16-4-2-3-5-17(16)12-21(28)33/h2-7,9-10,13-14,30H,8,11-12H2,1H3,(H2,28,33)(H,34,35)(H,29,31,32). The van der Waals surface area contributed by atoms with Crippen molar-refractivity contribution in [3.05, 3.63) is 82.7 Å². The number of primary amides is 1. The molecule has 0 aliphatic rings. The molecule has 2 aromatic carbocycles. The molecule has 0 bridgehead atoms. The van der Waals surface area contributed by atoms with Crippen LogP contribution in [0.2, 0.25) is 0 Å². The minimum Gasteiger partial charge on any atom is -0.465 e. The van der Waals surface area contributed by atoms with Crippen LogP contribution in [0.1, 0.15) is 40.9 Å². The quantitative estimate of drug-likeness (QED) is 0.354. The van der Waals surface area contributed by atoms with Crippen molar-refractivity contribution in [3.63, 3.8) is 0 Å². The Labute approximate surface area is 199 Å². The van der Waals surface area contributed by atoms with E-state index in [-0.39, 0.29) is 30.9 Å². The van der Waals surface area contributed by atoms with Crippen LogP contribution in [0, 0.1) is 0 Å². The molecule has 1 unspecified atom stereocenters. The van der Waals surface area contributed by atoms with Crippen LogP contribution >= 0.6 is 0 Å². The van der Waals surface area contributed by atoms with E-state index in [1.807, 2.05) is 0 Å². The first kappa shape index (κ1) is 25.5. The van der Waals surface area contributed by atoms with Crippen molar-refractivity contribution in [2.75, 3.05) is 5.32 Å². The fourth-order valence-corrected chi connectivity index (χ4v) is 3.57.